The summed E-state index contributed by atoms with van der Waals surface area (Å²) >= 11 is 0. The number of aryl methyl sites for hydroxylation is 2. The maximum Gasteiger partial charge on any atom is 0.255 e. The van der Waals surface area contributed by atoms with E-state index in [4.69, 9.17) is 0 Å². The second-order valence-electron chi connectivity index (χ2n) is 10.5. The zero-order valence-corrected chi connectivity index (χ0v) is 24.6. The molecule has 5 N–H and O–H groups in total. The van der Waals surface area contributed by atoms with Crippen molar-refractivity contribution in [2.24, 2.45) is 0 Å². The van der Waals surface area contributed by atoms with Crippen molar-refractivity contribution in [3.05, 3.63) is 82.9 Å². The molecular weight excluding hydrogens is 552 g/mol. The number of rotatable bonds is 8. The molecule has 0 bridgehead atoms. The first kappa shape index (κ1) is 29.5. The average molecular weight is 587 g/mol. The third-order valence-corrected chi connectivity index (χ3v) is 8.92. The first-order valence-corrected chi connectivity index (χ1v) is 16.1. The highest BCUT2D eigenvalue weighted by Gasteiger charge is 2.43. The third kappa shape index (κ3) is 6.47. The van der Waals surface area contributed by atoms with Crippen molar-refractivity contribution in [3.8, 4) is 0 Å². The van der Waals surface area contributed by atoms with Gasteiger partial charge in [0.05, 0.1) is 34.5 Å². The highest BCUT2D eigenvalue weighted by Crippen LogP contribution is 2.39. The summed E-state index contributed by atoms with van der Waals surface area (Å²) in [5.41, 5.74) is 2.72. The van der Waals surface area contributed by atoms with E-state index in [1.54, 1.807) is 57.2 Å². The number of hydrogen-bond donors (Lipinski definition) is 5. The summed E-state index contributed by atoms with van der Waals surface area (Å²) in [6, 6.07) is 15.1. The van der Waals surface area contributed by atoms with Crippen LogP contribution in [0.5, 0.6) is 0 Å². The molecule has 1 aliphatic rings. The summed E-state index contributed by atoms with van der Waals surface area (Å²) in [5.74, 6) is -0.493. The Morgan fingerprint density at radius 1 is 1.00 bits per heavy atom. The molecule has 10 nitrogen and oxygen atoms in total. The SMILES string of the molecule is CCc1ccc(S(=O)(=O)N[C@@H]2c3cc(C(=O)Nc4ccc(C)c(NS(C)(=O)=O)c4)ccc3NC(C)(C)[C@H]2O)cc1. The molecule has 3 aromatic carbocycles. The molecule has 0 unspecified atom stereocenters. The van der Waals surface area contributed by atoms with Gasteiger partial charge in [0.1, 0.15) is 0 Å². The average Bonchev–Trinajstić information content (AvgIpc) is 2.87. The molecule has 40 heavy (non-hydrogen) atoms. The molecular formula is C28H34N4O6S2. The lowest BCUT2D eigenvalue weighted by atomic mass is 9.82. The van der Waals surface area contributed by atoms with Crippen LogP contribution in [0, 0.1) is 6.92 Å². The number of aliphatic hydroxyl groups is 1. The Balaban J connectivity index is 1.65. The van der Waals surface area contributed by atoms with Crippen LogP contribution in [0.1, 0.15) is 53.9 Å². The molecule has 214 valence electrons. The molecule has 0 saturated heterocycles. The van der Waals surface area contributed by atoms with Crippen LogP contribution in [0.3, 0.4) is 0 Å². The fourth-order valence-electron chi connectivity index (χ4n) is 4.56. The van der Waals surface area contributed by atoms with Crippen LogP contribution < -0.4 is 20.1 Å². The molecule has 2 atom stereocenters. The Morgan fingerprint density at radius 3 is 2.30 bits per heavy atom. The Morgan fingerprint density at radius 2 is 1.68 bits per heavy atom. The van der Waals surface area contributed by atoms with E-state index in [0.717, 1.165) is 18.2 Å². The smallest absolute Gasteiger partial charge is 0.255 e. The lowest BCUT2D eigenvalue weighted by molar-refractivity contribution is 0.0770. The van der Waals surface area contributed by atoms with E-state index in [1.165, 1.54) is 24.3 Å². The van der Waals surface area contributed by atoms with Gasteiger partial charge in [-0.1, -0.05) is 25.1 Å². The van der Waals surface area contributed by atoms with Gasteiger partial charge in [-0.3, -0.25) is 9.52 Å². The standard InChI is InChI=1S/C28H34N4O6S2/c1-6-18-8-12-21(13-9-18)40(37,38)32-25-22-15-19(10-14-23(22)30-28(3,4)26(25)33)27(34)29-20-11-7-17(2)24(16-20)31-39(5,35)36/h7-16,25-26,30-33H,6H2,1-5H3,(H,29,34)/t25-,26+/m1/s1. The van der Waals surface area contributed by atoms with Crippen LogP contribution in [-0.2, 0) is 26.5 Å². The van der Waals surface area contributed by atoms with Crippen LogP contribution in [0.4, 0.5) is 17.1 Å². The minimum absolute atomic E-state index is 0.0709. The molecule has 0 fully saturated rings. The van der Waals surface area contributed by atoms with E-state index in [0.29, 0.717) is 28.2 Å². The number of benzene rings is 3. The van der Waals surface area contributed by atoms with Gasteiger partial charge in [0.25, 0.3) is 5.91 Å². The third-order valence-electron chi connectivity index (χ3n) is 6.88. The second kappa shape index (κ2) is 10.8. The van der Waals surface area contributed by atoms with Crippen LogP contribution in [0.2, 0.25) is 0 Å². The first-order chi connectivity index (χ1) is 18.6. The van der Waals surface area contributed by atoms with Crippen LogP contribution in [0.25, 0.3) is 0 Å². The fraction of sp³-hybridized carbons (Fsp3) is 0.321. The predicted molar refractivity (Wildman–Crippen MR) is 157 cm³/mol. The van der Waals surface area contributed by atoms with Gasteiger partial charge in [-0.2, -0.15) is 0 Å². The highest BCUT2D eigenvalue weighted by molar-refractivity contribution is 7.92. The maximum atomic E-state index is 13.3. The number of amides is 1. The van der Waals surface area contributed by atoms with E-state index >= 15 is 0 Å². The normalized spacial score (nSPS) is 18.4. The molecule has 0 aliphatic carbocycles. The van der Waals surface area contributed by atoms with Gasteiger partial charge in [-0.05, 0) is 86.3 Å². The summed E-state index contributed by atoms with van der Waals surface area (Å²) in [6.45, 7) is 7.24. The molecule has 1 heterocycles. The quantitative estimate of drug-likeness (QED) is 0.269. The molecule has 0 spiro atoms. The number of carbonyl (C=O) groups excluding carboxylic acids is 1. The van der Waals surface area contributed by atoms with Crippen molar-refractivity contribution in [2.75, 3.05) is 21.6 Å². The molecule has 3 aromatic rings. The van der Waals surface area contributed by atoms with Crippen molar-refractivity contribution < 1.29 is 26.7 Å². The van der Waals surface area contributed by atoms with Crippen molar-refractivity contribution >= 4 is 43.0 Å². The van der Waals surface area contributed by atoms with Gasteiger partial charge >= 0.3 is 0 Å². The topological polar surface area (TPSA) is 154 Å². The number of carbonyl (C=O) groups is 1. The maximum absolute atomic E-state index is 13.3. The zero-order chi connectivity index (χ0) is 29.5. The second-order valence-corrected chi connectivity index (χ2v) is 14.0. The van der Waals surface area contributed by atoms with Crippen LogP contribution in [0.15, 0.2) is 65.6 Å². The summed E-state index contributed by atoms with van der Waals surface area (Å²) < 4.78 is 55.1. The minimum Gasteiger partial charge on any atom is -0.389 e. The van der Waals surface area contributed by atoms with E-state index in [1.807, 2.05) is 6.92 Å². The summed E-state index contributed by atoms with van der Waals surface area (Å²) in [4.78, 5) is 13.3. The summed E-state index contributed by atoms with van der Waals surface area (Å²) in [7, 11) is -7.53. The Hall–Kier alpha value is -3.45. The molecule has 4 rings (SSSR count). The molecule has 12 heteroatoms. The Kier molecular flexibility index (Phi) is 8.01. The molecule has 0 radical (unpaired) electrons. The minimum atomic E-state index is -4.01. The lowest BCUT2D eigenvalue weighted by Crippen LogP contribution is -2.54. The van der Waals surface area contributed by atoms with Gasteiger partial charge in [-0.15, -0.1) is 0 Å². The van der Waals surface area contributed by atoms with Crippen molar-refractivity contribution in [1.29, 1.82) is 0 Å². The zero-order valence-electron chi connectivity index (χ0n) is 22.9. The lowest BCUT2D eigenvalue weighted by Gasteiger charge is -2.43. The predicted octanol–water partition coefficient (Wildman–Crippen LogP) is 3.77. The number of nitrogens with one attached hydrogen (secondary N) is 4. The van der Waals surface area contributed by atoms with Gasteiger partial charge in [0, 0.05) is 16.9 Å². The van der Waals surface area contributed by atoms with Crippen LogP contribution >= 0.6 is 0 Å². The highest BCUT2D eigenvalue weighted by atomic mass is 32.2. The van der Waals surface area contributed by atoms with Crippen molar-refractivity contribution in [2.45, 2.75) is 56.7 Å². The van der Waals surface area contributed by atoms with Gasteiger partial charge in [-0.25, -0.2) is 21.6 Å². The molecule has 1 aliphatic heterocycles. The number of fused-ring (bicyclic) bond motifs is 1. The Labute approximate surface area is 235 Å². The summed E-state index contributed by atoms with van der Waals surface area (Å²) in [6.07, 6.45) is 0.648. The number of sulfonamides is 2. The van der Waals surface area contributed by atoms with Gasteiger partial charge in [0.2, 0.25) is 20.0 Å². The van der Waals surface area contributed by atoms with E-state index < -0.39 is 43.6 Å². The Bertz CT molecular complexity index is 1650. The number of aliphatic hydroxyl groups excluding tert-OH is 1. The fourth-order valence-corrected chi connectivity index (χ4v) is 6.40. The van der Waals surface area contributed by atoms with Gasteiger partial charge < -0.3 is 15.7 Å². The molecule has 0 saturated carbocycles. The molecule has 0 aromatic heterocycles. The van der Waals surface area contributed by atoms with E-state index in [9.17, 15) is 26.7 Å². The van der Waals surface area contributed by atoms with Crippen LogP contribution in [-0.4, -0.2) is 45.7 Å². The molecule has 1 amide bonds. The summed E-state index contributed by atoms with van der Waals surface area (Å²) in [5, 5.41) is 17.2. The van der Waals surface area contributed by atoms with Crippen molar-refractivity contribution in [3.63, 3.8) is 0 Å². The number of anilines is 3. The van der Waals surface area contributed by atoms with E-state index in [-0.39, 0.29) is 10.5 Å². The first-order valence-electron chi connectivity index (χ1n) is 12.7. The number of hydrogen-bond acceptors (Lipinski definition) is 7. The largest absolute Gasteiger partial charge is 0.389 e. The monoisotopic (exact) mass is 586 g/mol. The van der Waals surface area contributed by atoms with Crippen molar-refractivity contribution in [1.82, 2.24) is 4.72 Å². The van der Waals surface area contributed by atoms with Gasteiger partial charge in [0.15, 0.2) is 0 Å². The van der Waals surface area contributed by atoms with E-state index in [2.05, 4.69) is 20.1 Å².